The Balaban J connectivity index is 2.15. The number of ether oxygens (including phenoxy) is 1. The summed E-state index contributed by atoms with van der Waals surface area (Å²) in [4.78, 5) is 0.290. The van der Waals surface area contributed by atoms with E-state index >= 15 is 0 Å². The van der Waals surface area contributed by atoms with Crippen molar-refractivity contribution in [3.8, 4) is 5.75 Å². The second-order valence-electron chi connectivity index (χ2n) is 5.60. The van der Waals surface area contributed by atoms with Crippen LogP contribution in [-0.4, -0.2) is 32.9 Å². The maximum Gasteiger partial charge on any atom is 0.243 e. The average molecular weight is 357 g/mol. The molecule has 0 N–H and O–H groups in total. The number of aryl methyl sites for hydroxylation is 1. The number of nitrogens with zero attached hydrogens (tertiary/aromatic N) is 1. The maximum atomic E-state index is 12.8. The van der Waals surface area contributed by atoms with Crippen LogP contribution in [0.25, 0.3) is 6.08 Å². The Morgan fingerprint density at radius 3 is 2.24 bits per heavy atom. The van der Waals surface area contributed by atoms with Crippen LogP contribution in [0.5, 0.6) is 5.75 Å². The minimum atomic E-state index is -3.55. The van der Waals surface area contributed by atoms with Gasteiger partial charge in [0, 0.05) is 13.1 Å². The quantitative estimate of drug-likeness (QED) is 0.673. The molecule has 0 aliphatic heterocycles. The van der Waals surface area contributed by atoms with E-state index in [9.17, 15) is 8.42 Å². The summed E-state index contributed by atoms with van der Waals surface area (Å²) in [7, 11) is -1.94. The molecule has 0 heterocycles. The van der Waals surface area contributed by atoms with Gasteiger partial charge in [-0.1, -0.05) is 48.1 Å². The van der Waals surface area contributed by atoms with E-state index in [1.807, 2.05) is 43.3 Å². The standard InChI is InChI=1S/C20H23NO3S/c1-4-15-21(25(22,23)20-13-7-17(2)8-14-20)16-5-6-18-9-11-19(24-3)12-10-18/h4-14H,1,15-16H2,2-3H3/b6-5+. The zero-order chi connectivity index (χ0) is 18.3. The first-order valence-corrected chi connectivity index (χ1v) is 9.39. The van der Waals surface area contributed by atoms with Gasteiger partial charge in [-0.05, 0) is 36.8 Å². The van der Waals surface area contributed by atoms with Gasteiger partial charge < -0.3 is 4.74 Å². The normalized spacial score (nSPS) is 11.8. The topological polar surface area (TPSA) is 46.6 Å². The lowest BCUT2D eigenvalue weighted by Gasteiger charge is -2.19. The van der Waals surface area contributed by atoms with Gasteiger partial charge in [-0.15, -0.1) is 6.58 Å². The van der Waals surface area contributed by atoms with Gasteiger partial charge in [0.15, 0.2) is 0 Å². The minimum absolute atomic E-state index is 0.253. The van der Waals surface area contributed by atoms with Gasteiger partial charge >= 0.3 is 0 Å². The Morgan fingerprint density at radius 2 is 1.68 bits per heavy atom. The summed E-state index contributed by atoms with van der Waals surface area (Å²) in [6, 6.07) is 14.4. The van der Waals surface area contributed by atoms with Gasteiger partial charge in [0.25, 0.3) is 0 Å². The fourth-order valence-electron chi connectivity index (χ4n) is 2.30. The summed E-state index contributed by atoms with van der Waals surface area (Å²) >= 11 is 0. The van der Waals surface area contributed by atoms with Crippen molar-refractivity contribution in [2.45, 2.75) is 11.8 Å². The molecule has 0 radical (unpaired) electrons. The van der Waals surface area contributed by atoms with E-state index in [2.05, 4.69) is 6.58 Å². The fraction of sp³-hybridized carbons (Fsp3) is 0.200. The summed E-state index contributed by atoms with van der Waals surface area (Å²) in [5.41, 5.74) is 2.00. The largest absolute Gasteiger partial charge is 0.497 e. The van der Waals surface area contributed by atoms with Gasteiger partial charge in [0.1, 0.15) is 5.75 Å². The molecule has 0 amide bonds. The van der Waals surface area contributed by atoms with E-state index in [-0.39, 0.29) is 18.0 Å². The zero-order valence-corrected chi connectivity index (χ0v) is 15.4. The number of rotatable bonds is 8. The number of methoxy groups -OCH3 is 1. The van der Waals surface area contributed by atoms with Crippen molar-refractivity contribution in [2.24, 2.45) is 0 Å². The van der Waals surface area contributed by atoms with Crippen molar-refractivity contribution < 1.29 is 13.2 Å². The average Bonchev–Trinajstić information content (AvgIpc) is 2.62. The van der Waals surface area contributed by atoms with Gasteiger partial charge in [0.05, 0.1) is 12.0 Å². The van der Waals surface area contributed by atoms with Crippen molar-refractivity contribution >= 4 is 16.1 Å². The van der Waals surface area contributed by atoms with E-state index in [1.54, 1.807) is 37.5 Å². The predicted octanol–water partition coefficient (Wildman–Crippen LogP) is 3.89. The first-order valence-electron chi connectivity index (χ1n) is 7.95. The molecule has 0 aliphatic rings. The van der Waals surface area contributed by atoms with Crippen LogP contribution in [0.4, 0.5) is 0 Å². The summed E-state index contributed by atoms with van der Waals surface area (Å²) in [5.74, 6) is 0.785. The van der Waals surface area contributed by atoms with E-state index in [0.29, 0.717) is 0 Å². The molecule has 0 saturated heterocycles. The Morgan fingerprint density at radius 1 is 1.04 bits per heavy atom. The highest BCUT2D eigenvalue weighted by Crippen LogP contribution is 2.17. The second kappa shape index (κ2) is 8.65. The van der Waals surface area contributed by atoms with Crippen LogP contribution in [0.15, 0.2) is 72.2 Å². The van der Waals surface area contributed by atoms with Crippen molar-refractivity contribution in [1.29, 1.82) is 0 Å². The molecule has 2 aromatic carbocycles. The third-order valence-corrected chi connectivity index (χ3v) is 5.57. The molecule has 2 rings (SSSR count). The van der Waals surface area contributed by atoms with E-state index in [1.165, 1.54) is 4.31 Å². The lowest BCUT2D eigenvalue weighted by Crippen LogP contribution is -2.31. The monoisotopic (exact) mass is 357 g/mol. The summed E-state index contributed by atoms with van der Waals surface area (Å²) in [5, 5.41) is 0. The molecule has 132 valence electrons. The molecule has 0 aliphatic carbocycles. The number of hydrogen-bond acceptors (Lipinski definition) is 3. The summed E-state index contributed by atoms with van der Waals surface area (Å²) in [6.07, 6.45) is 5.31. The number of hydrogen-bond donors (Lipinski definition) is 0. The van der Waals surface area contributed by atoms with Crippen LogP contribution >= 0.6 is 0 Å². The number of sulfonamides is 1. The lowest BCUT2D eigenvalue weighted by atomic mass is 10.2. The third kappa shape index (κ3) is 5.05. The predicted molar refractivity (Wildman–Crippen MR) is 102 cm³/mol. The Labute approximate surface area is 150 Å². The molecular formula is C20H23NO3S. The van der Waals surface area contributed by atoms with Crippen LogP contribution in [-0.2, 0) is 10.0 Å². The van der Waals surface area contributed by atoms with Gasteiger partial charge in [-0.2, -0.15) is 4.31 Å². The molecule has 0 fully saturated rings. The van der Waals surface area contributed by atoms with E-state index < -0.39 is 10.0 Å². The van der Waals surface area contributed by atoms with Crippen LogP contribution in [0, 0.1) is 6.92 Å². The smallest absolute Gasteiger partial charge is 0.243 e. The molecule has 2 aromatic rings. The number of benzene rings is 2. The van der Waals surface area contributed by atoms with Crippen molar-refractivity contribution in [3.05, 3.63) is 78.4 Å². The van der Waals surface area contributed by atoms with Gasteiger partial charge in [0.2, 0.25) is 10.0 Å². The first-order chi connectivity index (χ1) is 12.0. The van der Waals surface area contributed by atoms with Crippen LogP contribution in [0.2, 0.25) is 0 Å². The molecule has 0 spiro atoms. The highest BCUT2D eigenvalue weighted by Gasteiger charge is 2.22. The fourth-order valence-corrected chi connectivity index (χ4v) is 3.66. The van der Waals surface area contributed by atoms with Crippen molar-refractivity contribution in [1.82, 2.24) is 4.31 Å². The molecule has 5 heteroatoms. The van der Waals surface area contributed by atoms with Crippen LogP contribution in [0.3, 0.4) is 0 Å². The second-order valence-corrected chi connectivity index (χ2v) is 7.54. The zero-order valence-electron chi connectivity index (χ0n) is 14.6. The molecule has 0 aromatic heterocycles. The first kappa shape index (κ1) is 19.0. The highest BCUT2D eigenvalue weighted by atomic mass is 32.2. The molecule has 0 unspecified atom stereocenters. The Hall–Kier alpha value is -2.37. The van der Waals surface area contributed by atoms with Gasteiger partial charge in [-0.25, -0.2) is 8.42 Å². The highest BCUT2D eigenvalue weighted by molar-refractivity contribution is 7.89. The van der Waals surface area contributed by atoms with Gasteiger partial charge in [-0.3, -0.25) is 0 Å². The summed E-state index contributed by atoms with van der Waals surface area (Å²) < 4.78 is 32.1. The molecule has 25 heavy (non-hydrogen) atoms. The summed E-state index contributed by atoms with van der Waals surface area (Å²) in [6.45, 7) is 6.11. The molecule has 0 bridgehead atoms. The van der Waals surface area contributed by atoms with E-state index in [0.717, 1.165) is 16.9 Å². The third-order valence-electron chi connectivity index (χ3n) is 3.73. The molecular weight excluding hydrogens is 334 g/mol. The lowest BCUT2D eigenvalue weighted by molar-refractivity contribution is 0.415. The molecule has 0 atom stereocenters. The Bertz CT molecular complexity index is 822. The molecule has 0 saturated carbocycles. The SMILES string of the molecule is C=CCN(C/C=C/c1ccc(OC)cc1)S(=O)(=O)c1ccc(C)cc1. The minimum Gasteiger partial charge on any atom is -0.497 e. The Kier molecular flexibility index (Phi) is 6.56. The maximum absolute atomic E-state index is 12.8. The van der Waals surface area contributed by atoms with Crippen molar-refractivity contribution in [3.63, 3.8) is 0 Å². The molecule has 4 nitrogen and oxygen atoms in total. The van der Waals surface area contributed by atoms with E-state index in [4.69, 9.17) is 4.74 Å². The van der Waals surface area contributed by atoms with Crippen molar-refractivity contribution in [2.75, 3.05) is 20.2 Å². The van der Waals surface area contributed by atoms with Crippen LogP contribution < -0.4 is 4.74 Å². The van der Waals surface area contributed by atoms with Crippen LogP contribution in [0.1, 0.15) is 11.1 Å².